The minimum absolute atomic E-state index is 0.0762. The van der Waals surface area contributed by atoms with E-state index in [0.29, 0.717) is 5.84 Å². The maximum Gasteiger partial charge on any atom is 0.360 e. The first-order valence-corrected chi connectivity index (χ1v) is 7.30. The molecule has 0 amide bonds. The molecule has 5 nitrogen and oxygen atoms in total. The van der Waals surface area contributed by atoms with Crippen LogP contribution in [0.5, 0.6) is 0 Å². The average Bonchev–Trinajstić information content (AvgIpc) is 2.77. The zero-order valence-electron chi connectivity index (χ0n) is 12.5. The summed E-state index contributed by atoms with van der Waals surface area (Å²) in [6.45, 7) is 3.92. The van der Waals surface area contributed by atoms with Gasteiger partial charge in [-0.05, 0) is 12.8 Å². The highest BCUT2D eigenvalue weighted by Gasteiger charge is 2.39. The Bertz CT molecular complexity index is 413. The molecule has 20 heavy (non-hydrogen) atoms. The van der Waals surface area contributed by atoms with Gasteiger partial charge in [-0.2, -0.15) is 4.99 Å². The molecule has 1 rings (SSSR count). The van der Waals surface area contributed by atoms with Gasteiger partial charge in [0.25, 0.3) is 0 Å². The molecule has 1 heterocycles. The predicted molar refractivity (Wildman–Crippen MR) is 80.9 cm³/mol. The smallest absolute Gasteiger partial charge is 0.360 e. The van der Waals surface area contributed by atoms with Gasteiger partial charge in [0.15, 0.2) is 6.54 Å². The van der Waals surface area contributed by atoms with Gasteiger partial charge in [-0.1, -0.05) is 32.3 Å². The van der Waals surface area contributed by atoms with Crippen LogP contribution in [0.15, 0.2) is 29.5 Å². The molecule has 0 fully saturated rings. The zero-order chi connectivity index (χ0) is 15.0. The van der Waals surface area contributed by atoms with Crippen LogP contribution in [0.4, 0.5) is 0 Å². The number of nitrogens with zero attached hydrogens (tertiary/aromatic N) is 2. The second-order valence-corrected chi connectivity index (χ2v) is 5.26. The van der Waals surface area contributed by atoms with Crippen LogP contribution in [0.25, 0.3) is 0 Å². The molecule has 5 heteroatoms. The van der Waals surface area contributed by atoms with E-state index in [1.165, 1.54) is 19.3 Å². The number of aliphatic imine (C=N–C) groups is 1. The Labute approximate surface area is 121 Å². The van der Waals surface area contributed by atoms with Gasteiger partial charge in [-0.3, -0.25) is 5.73 Å². The molecule has 0 aromatic carbocycles. The van der Waals surface area contributed by atoms with Crippen LogP contribution in [0.1, 0.15) is 46.0 Å². The van der Waals surface area contributed by atoms with Crippen LogP contribution in [-0.2, 0) is 4.79 Å². The Morgan fingerprint density at radius 1 is 1.50 bits per heavy atom. The Kier molecular flexibility index (Phi) is 6.61. The van der Waals surface area contributed by atoms with E-state index in [-0.39, 0.29) is 17.2 Å². The monoisotopic (exact) mass is 280 g/mol. The first-order chi connectivity index (χ1) is 9.53. The first kappa shape index (κ1) is 16.6. The average molecular weight is 280 g/mol. The van der Waals surface area contributed by atoms with Gasteiger partial charge in [-0.25, -0.2) is 9.28 Å². The number of unbranched alkanes of at least 4 members (excludes halogenated alkanes) is 4. The number of hydrogen-bond donors (Lipinski definition) is 2. The largest absolute Gasteiger partial charge is 0.477 e. The lowest BCUT2D eigenvalue weighted by Gasteiger charge is -2.33. The van der Waals surface area contributed by atoms with Gasteiger partial charge in [0.05, 0.1) is 6.20 Å². The maximum atomic E-state index is 11.1. The van der Waals surface area contributed by atoms with Gasteiger partial charge >= 0.3 is 5.97 Å². The lowest BCUT2D eigenvalue weighted by molar-refractivity contribution is -0.803. The molecule has 0 bridgehead atoms. The van der Waals surface area contributed by atoms with E-state index in [9.17, 15) is 4.79 Å². The molecule has 0 spiro atoms. The fraction of sp³-hybridized carbons (Fsp3) is 0.600. The molecule has 0 saturated heterocycles. The fourth-order valence-corrected chi connectivity index (χ4v) is 2.32. The summed E-state index contributed by atoms with van der Waals surface area (Å²) in [5.74, 6) is -0.171. The van der Waals surface area contributed by atoms with Crippen LogP contribution in [0, 0.1) is 0 Å². The van der Waals surface area contributed by atoms with Crippen LogP contribution >= 0.6 is 0 Å². The molecule has 2 atom stereocenters. The third-order valence-corrected chi connectivity index (χ3v) is 3.58. The predicted octanol–water partition coefficient (Wildman–Crippen LogP) is 2.60. The van der Waals surface area contributed by atoms with Crippen molar-refractivity contribution in [2.24, 2.45) is 10.7 Å². The second kappa shape index (κ2) is 7.97. The number of aliphatic carboxylic acids is 1. The summed E-state index contributed by atoms with van der Waals surface area (Å²) in [5.41, 5.74) is 5.98. The van der Waals surface area contributed by atoms with E-state index >= 15 is 0 Å². The Hall–Kier alpha value is -1.46. The molecule has 0 aromatic rings. The van der Waals surface area contributed by atoms with Crippen molar-refractivity contribution >= 4 is 11.8 Å². The number of carboxylic acid groups (broad SMARTS) is 1. The van der Waals surface area contributed by atoms with Gasteiger partial charge < -0.3 is 5.11 Å². The molecule has 1 aliphatic heterocycles. The number of carboxylic acids is 1. The summed E-state index contributed by atoms with van der Waals surface area (Å²) in [4.78, 5) is 15.4. The molecule has 2 unspecified atom stereocenters. The molecule has 3 N–H and O–H groups in total. The second-order valence-electron chi connectivity index (χ2n) is 5.26. The normalized spacial score (nSPS) is 23.2. The molecule has 0 saturated carbocycles. The Morgan fingerprint density at radius 3 is 2.85 bits per heavy atom. The van der Waals surface area contributed by atoms with E-state index in [1.807, 2.05) is 13.0 Å². The zero-order valence-corrected chi connectivity index (χ0v) is 12.5. The number of amidine groups is 1. The number of nitrogens with two attached hydrogens (primary N) is 1. The summed E-state index contributed by atoms with van der Waals surface area (Å²) in [7, 11) is 0. The lowest BCUT2D eigenvalue weighted by atomic mass is 10.1. The van der Waals surface area contributed by atoms with E-state index in [0.717, 1.165) is 12.8 Å². The summed E-state index contributed by atoms with van der Waals surface area (Å²) >= 11 is 0. The van der Waals surface area contributed by atoms with Crippen LogP contribution in [-0.4, -0.2) is 34.1 Å². The third kappa shape index (κ3) is 4.28. The number of hydrogen-bond acceptors (Lipinski definition) is 3. The molecule has 112 valence electrons. The van der Waals surface area contributed by atoms with Gasteiger partial charge in [0, 0.05) is 13.0 Å². The summed E-state index contributed by atoms with van der Waals surface area (Å²) in [6.07, 6.45) is 12.9. The van der Waals surface area contributed by atoms with E-state index < -0.39 is 5.97 Å². The first-order valence-electron chi connectivity index (χ1n) is 7.30. The topological polar surface area (TPSA) is 75.7 Å². The fourth-order valence-electron chi connectivity index (χ4n) is 2.32. The van der Waals surface area contributed by atoms with Crippen LogP contribution in [0.3, 0.4) is 0 Å². The van der Waals surface area contributed by atoms with Gasteiger partial charge in [0.2, 0.25) is 5.84 Å². The Morgan fingerprint density at radius 2 is 2.25 bits per heavy atom. The summed E-state index contributed by atoms with van der Waals surface area (Å²) < 4.78 is 0.0841. The van der Waals surface area contributed by atoms with Crippen molar-refractivity contribution in [3.8, 4) is 0 Å². The van der Waals surface area contributed by atoms with E-state index in [1.54, 1.807) is 12.4 Å². The number of allylic oxidation sites excluding steroid dienone is 1. The Balaban J connectivity index is 2.64. The van der Waals surface area contributed by atoms with Gasteiger partial charge in [-0.15, -0.1) is 0 Å². The SMILES string of the molecule is CCCCCC/C=C/C1=NC=C[N+]1(CC(=O)O)C(C)N. The molecular weight excluding hydrogens is 254 g/mol. The van der Waals surface area contributed by atoms with Crippen LogP contribution < -0.4 is 5.73 Å². The van der Waals surface area contributed by atoms with E-state index in [2.05, 4.69) is 18.0 Å². The summed E-state index contributed by atoms with van der Waals surface area (Å²) in [5, 5.41) is 9.09. The molecule has 0 aromatic heterocycles. The van der Waals surface area contributed by atoms with Gasteiger partial charge in [0.1, 0.15) is 12.4 Å². The van der Waals surface area contributed by atoms with Crippen molar-refractivity contribution in [2.45, 2.75) is 52.1 Å². The van der Waals surface area contributed by atoms with Crippen molar-refractivity contribution in [1.82, 2.24) is 0 Å². The minimum Gasteiger partial charge on any atom is -0.477 e. The molecule has 0 aliphatic carbocycles. The molecule has 1 aliphatic rings. The molecule has 0 radical (unpaired) electrons. The van der Waals surface area contributed by atoms with Crippen LogP contribution in [0.2, 0.25) is 0 Å². The minimum atomic E-state index is -0.877. The number of carbonyl (C=O) groups is 1. The highest BCUT2D eigenvalue weighted by molar-refractivity contribution is 5.90. The summed E-state index contributed by atoms with van der Waals surface area (Å²) in [6, 6.07) is 0. The molecular formula is C15H26N3O2+. The number of rotatable bonds is 9. The van der Waals surface area contributed by atoms with Crippen molar-refractivity contribution in [1.29, 1.82) is 0 Å². The lowest BCUT2D eigenvalue weighted by Crippen LogP contribution is -2.58. The van der Waals surface area contributed by atoms with Crippen molar-refractivity contribution < 1.29 is 14.4 Å². The van der Waals surface area contributed by atoms with E-state index in [4.69, 9.17) is 10.8 Å². The standard InChI is InChI=1S/C15H25N3O2/c1-3-4-5-6-7-8-9-14-17-10-11-18(14,13(2)16)12-15(19)20/h8-11,13H,3-7,12,16H2,1-2H3/p+1/b9-8+. The maximum absolute atomic E-state index is 11.1. The van der Waals surface area contributed by atoms with Crippen molar-refractivity contribution in [3.05, 3.63) is 24.6 Å². The highest BCUT2D eigenvalue weighted by Crippen LogP contribution is 2.20. The van der Waals surface area contributed by atoms with Crippen molar-refractivity contribution in [3.63, 3.8) is 0 Å². The van der Waals surface area contributed by atoms with Crippen molar-refractivity contribution in [2.75, 3.05) is 6.54 Å². The third-order valence-electron chi connectivity index (χ3n) is 3.58. The number of quaternary nitrogens is 1. The quantitative estimate of drug-likeness (QED) is 0.503. The highest BCUT2D eigenvalue weighted by atomic mass is 16.4.